The molecule has 0 aliphatic carbocycles. The third-order valence-corrected chi connectivity index (χ3v) is 3.05. The maximum atomic E-state index is 5.30. The van der Waals surface area contributed by atoms with Crippen LogP contribution in [0.25, 0.3) is 11.3 Å². The summed E-state index contributed by atoms with van der Waals surface area (Å²) in [4.78, 5) is 3.92. The van der Waals surface area contributed by atoms with Crippen LogP contribution in [-0.4, -0.2) is 24.2 Å². The van der Waals surface area contributed by atoms with Gasteiger partial charge in [0.05, 0.1) is 12.3 Å². The van der Waals surface area contributed by atoms with E-state index in [2.05, 4.69) is 17.2 Å². The second-order valence-electron chi connectivity index (χ2n) is 4.32. The third kappa shape index (κ3) is 2.90. The summed E-state index contributed by atoms with van der Waals surface area (Å²) in [6.07, 6.45) is 3.30. The van der Waals surface area contributed by atoms with Crippen LogP contribution < -0.4 is 5.32 Å². The quantitative estimate of drug-likeness (QED) is 0.880. The zero-order valence-corrected chi connectivity index (χ0v) is 10.9. The lowest BCUT2D eigenvalue weighted by atomic mass is 10.1. The molecule has 0 fully saturated rings. The molecule has 0 radical (unpaired) electrons. The number of methoxy groups -OCH3 is 1. The number of aromatic nitrogens is 1. The summed E-state index contributed by atoms with van der Waals surface area (Å²) in [5.74, 6) is 0.770. The molecule has 2 unspecified atom stereocenters. The van der Waals surface area contributed by atoms with E-state index in [0.29, 0.717) is 0 Å². The Kier molecular flexibility index (Phi) is 3.99. The highest BCUT2D eigenvalue weighted by Gasteiger charge is 2.11. The molecular formula is C14H18N2O2. The first-order valence-corrected chi connectivity index (χ1v) is 5.99. The summed E-state index contributed by atoms with van der Waals surface area (Å²) in [6.45, 7) is 4.13. The van der Waals surface area contributed by atoms with Crippen molar-refractivity contribution < 1.29 is 9.15 Å². The van der Waals surface area contributed by atoms with Crippen LogP contribution in [0.15, 0.2) is 41.3 Å². The molecule has 1 aromatic carbocycles. The Labute approximate surface area is 107 Å². The Morgan fingerprint density at radius 2 is 2.17 bits per heavy atom. The molecule has 2 aromatic rings. The van der Waals surface area contributed by atoms with Crippen LogP contribution in [0.5, 0.6) is 0 Å². The molecule has 96 valence electrons. The molecule has 1 N–H and O–H groups in total. The first-order chi connectivity index (χ1) is 8.70. The van der Waals surface area contributed by atoms with E-state index in [9.17, 15) is 0 Å². The number of benzene rings is 1. The molecule has 0 saturated heterocycles. The van der Waals surface area contributed by atoms with Crippen molar-refractivity contribution in [2.24, 2.45) is 0 Å². The molecular weight excluding hydrogens is 228 g/mol. The Morgan fingerprint density at radius 3 is 2.83 bits per heavy atom. The first-order valence-electron chi connectivity index (χ1n) is 5.99. The highest BCUT2D eigenvalue weighted by atomic mass is 16.5. The molecule has 2 rings (SSSR count). The van der Waals surface area contributed by atoms with Gasteiger partial charge in [0.2, 0.25) is 0 Å². The minimum Gasteiger partial charge on any atom is -0.444 e. The summed E-state index contributed by atoms with van der Waals surface area (Å²) < 4.78 is 10.6. The van der Waals surface area contributed by atoms with Crippen LogP contribution in [0.4, 0.5) is 5.69 Å². The average Bonchev–Trinajstić information content (AvgIpc) is 2.92. The summed E-state index contributed by atoms with van der Waals surface area (Å²) >= 11 is 0. The van der Waals surface area contributed by atoms with Gasteiger partial charge in [0.25, 0.3) is 0 Å². The maximum Gasteiger partial charge on any atom is 0.181 e. The fourth-order valence-corrected chi connectivity index (χ4v) is 1.70. The number of anilines is 1. The van der Waals surface area contributed by atoms with E-state index in [4.69, 9.17) is 9.15 Å². The molecule has 0 spiro atoms. The monoisotopic (exact) mass is 246 g/mol. The lowest BCUT2D eigenvalue weighted by molar-refractivity contribution is 0.106. The van der Waals surface area contributed by atoms with Crippen LogP contribution in [0.1, 0.15) is 13.8 Å². The highest BCUT2D eigenvalue weighted by Crippen LogP contribution is 2.22. The van der Waals surface area contributed by atoms with Crippen molar-refractivity contribution >= 4 is 5.69 Å². The van der Waals surface area contributed by atoms with Gasteiger partial charge in [0.15, 0.2) is 12.2 Å². The van der Waals surface area contributed by atoms with Gasteiger partial charge in [-0.2, -0.15) is 0 Å². The van der Waals surface area contributed by atoms with Crippen molar-refractivity contribution in [3.8, 4) is 11.3 Å². The van der Waals surface area contributed by atoms with Crippen LogP contribution >= 0.6 is 0 Å². The Bertz CT molecular complexity index is 482. The molecule has 0 aliphatic rings. The minimum atomic E-state index is 0.152. The van der Waals surface area contributed by atoms with E-state index >= 15 is 0 Å². The molecule has 0 aliphatic heterocycles. The van der Waals surface area contributed by atoms with Gasteiger partial charge in [-0.05, 0) is 26.0 Å². The Hall–Kier alpha value is -1.81. The number of oxazole rings is 1. The van der Waals surface area contributed by atoms with E-state index in [1.165, 1.54) is 6.39 Å². The summed E-state index contributed by atoms with van der Waals surface area (Å²) in [5.41, 5.74) is 2.05. The zero-order valence-electron chi connectivity index (χ0n) is 10.9. The number of nitrogens with one attached hydrogen (secondary N) is 1. The van der Waals surface area contributed by atoms with Crippen molar-refractivity contribution in [3.05, 3.63) is 36.9 Å². The van der Waals surface area contributed by atoms with Crippen LogP contribution in [0, 0.1) is 0 Å². The number of ether oxygens (including phenoxy) is 1. The summed E-state index contributed by atoms with van der Waals surface area (Å²) in [5, 5.41) is 3.41. The normalized spacial score (nSPS) is 14.2. The van der Waals surface area contributed by atoms with Gasteiger partial charge in [-0.25, -0.2) is 4.98 Å². The zero-order chi connectivity index (χ0) is 13.0. The topological polar surface area (TPSA) is 47.3 Å². The van der Waals surface area contributed by atoms with Crippen LogP contribution in [0.2, 0.25) is 0 Å². The van der Waals surface area contributed by atoms with Gasteiger partial charge in [-0.3, -0.25) is 0 Å². The van der Waals surface area contributed by atoms with Crippen molar-refractivity contribution in [1.29, 1.82) is 0 Å². The minimum absolute atomic E-state index is 0.152. The number of hydrogen-bond acceptors (Lipinski definition) is 4. The first kappa shape index (κ1) is 12.6. The molecule has 0 saturated carbocycles. The molecule has 4 nitrogen and oxygen atoms in total. The van der Waals surface area contributed by atoms with E-state index in [1.807, 2.05) is 31.2 Å². The van der Waals surface area contributed by atoms with E-state index < -0.39 is 0 Å². The SMILES string of the molecule is COC(C)C(C)Nc1cccc(-c2cnco2)c1. The van der Waals surface area contributed by atoms with Gasteiger partial charge >= 0.3 is 0 Å². The molecule has 0 amide bonds. The molecule has 1 heterocycles. The van der Waals surface area contributed by atoms with Gasteiger partial charge in [0.1, 0.15) is 0 Å². The second kappa shape index (κ2) is 5.69. The van der Waals surface area contributed by atoms with E-state index in [1.54, 1.807) is 13.3 Å². The van der Waals surface area contributed by atoms with Gasteiger partial charge in [-0.1, -0.05) is 12.1 Å². The molecule has 1 aromatic heterocycles. The van der Waals surface area contributed by atoms with Gasteiger partial charge < -0.3 is 14.5 Å². The van der Waals surface area contributed by atoms with Crippen molar-refractivity contribution in [2.75, 3.05) is 12.4 Å². The smallest absolute Gasteiger partial charge is 0.181 e. The highest BCUT2D eigenvalue weighted by molar-refractivity contribution is 5.63. The lowest BCUT2D eigenvalue weighted by Crippen LogP contribution is -2.29. The molecule has 4 heteroatoms. The lowest BCUT2D eigenvalue weighted by Gasteiger charge is -2.21. The Morgan fingerprint density at radius 1 is 1.33 bits per heavy atom. The summed E-state index contributed by atoms with van der Waals surface area (Å²) in [6, 6.07) is 8.29. The van der Waals surface area contributed by atoms with Gasteiger partial charge in [0, 0.05) is 24.4 Å². The summed E-state index contributed by atoms with van der Waals surface area (Å²) in [7, 11) is 1.72. The predicted octanol–water partition coefficient (Wildman–Crippen LogP) is 3.18. The van der Waals surface area contributed by atoms with Crippen LogP contribution in [0.3, 0.4) is 0 Å². The van der Waals surface area contributed by atoms with Crippen molar-refractivity contribution in [2.45, 2.75) is 26.0 Å². The fraction of sp³-hybridized carbons (Fsp3) is 0.357. The standard InChI is InChI=1S/C14H18N2O2/c1-10(11(2)17-3)16-13-6-4-5-12(7-13)14-8-15-9-18-14/h4-11,16H,1-3H3. The van der Waals surface area contributed by atoms with Gasteiger partial charge in [-0.15, -0.1) is 0 Å². The second-order valence-corrected chi connectivity index (χ2v) is 4.32. The van der Waals surface area contributed by atoms with E-state index in [-0.39, 0.29) is 12.1 Å². The van der Waals surface area contributed by atoms with Crippen molar-refractivity contribution in [1.82, 2.24) is 4.98 Å². The predicted molar refractivity (Wildman–Crippen MR) is 71.5 cm³/mol. The fourth-order valence-electron chi connectivity index (χ4n) is 1.70. The number of nitrogens with zero attached hydrogens (tertiary/aromatic N) is 1. The van der Waals surface area contributed by atoms with Crippen molar-refractivity contribution in [3.63, 3.8) is 0 Å². The van der Waals surface area contributed by atoms with E-state index in [0.717, 1.165) is 17.0 Å². The maximum absolute atomic E-state index is 5.30. The number of hydrogen-bond donors (Lipinski definition) is 1. The number of rotatable bonds is 5. The third-order valence-electron chi connectivity index (χ3n) is 3.05. The molecule has 18 heavy (non-hydrogen) atoms. The molecule has 2 atom stereocenters. The largest absolute Gasteiger partial charge is 0.444 e. The Balaban J connectivity index is 2.13. The van der Waals surface area contributed by atoms with Crippen LogP contribution in [-0.2, 0) is 4.74 Å². The average molecular weight is 246 g/mol. The molecule has 0 bridgehead atoms.